The molecule has 0 radical (unpaired) electrons. The first-order valence-electron chi connectivity index (χ1n) is 6.23. The predicted molar refractivity (Wildman–Crippen MR) is 69.7 cm³/mol. The van der Waals surface area contributed by atoms with Crippen molar-refractivity contribution in [2.45, 2.75) is 18.7 Å². The van der Waals surface area contributed by atoms with Crippen LogP contribution in [0.3, 0.4) is 0 Å². The third kappa shape index (κ3) is 2.50. The number of thiophene rings is 1. The summed E-state index contributed by atoms with van der Waals surface area (Å²) >= 11 is 1.66. The summed E-state index contributed by atoms with van der Waals surface area (Å²) in [7, 11) is 0. The van der Waals surface area contributed by atoms with Gasteiger partial charge in [0.1, 0.15) is 0 Å². The summed E-state index contributed by atoms with van der Waals surface area (Å²) in [4.78, 5) is 15.0. The Bertz CT molecular complexity index is 395. The zero-order chi connectivity index (χ0) is 12.4. The number of urea groups is 1. The summed E-state index contributed by atoms with van der Waals surface area (Å²) < 4.78 is 5.65. The predicted octanol–water partition coefficient (Wildman–Crippen LogP) is 0.630. The Morgan fingerprint density at radius 2 is 2.56 bits per heavy atom. The molecule has 3 rings (SSSR count). The topological polar surface area (TPSA) is 53.6 Å². The summed E-state index contributed by atoms with van der Waals surface area (Å²) in [6, 6.07) is 4.32. The van der Waals surface area contributed by atoms with Crippen LogP contribution in [0.2, 0.25) is 0 Å². The lowest BCUT2D eigenvalue weighted by Gasteiger charge is -2.25. The van der Waals surface area contributed by atoms with E-state index >= 15 is 0 Å². The van der Waals surface area contributed by atoms with Gasteiger partial charge in [-0.25, -0.2) is 4.79 Å². The van der Waals surface area contributed by atoms with Crippen molar-refractivity contribution in [2.75, 3.05) is 26.2 Å². The standard InChI is InChI=1S/C12H17N3O2S/c16-12(14-6-9-2-1-5-18-9)15-7-10-11(8-15)17-4-3-13-10/h1-2,5,10-11,13H,3-4,6-8H2,(H,14,16)/t10-,11-/m0/s1. The molecule has 2 N–H and O–H groups in total. The number of nitrogens with one attached hydrogen (secondary N) is 2. The molecular formula is C12H17N3O2S. The number of hydrogen-bond acceptors (Lipinski definition) is 4. The molecule has 1 aromatic rings. The second-order valence-corrected chi connectivity index (χ2v) is 5.65. The summed E-state index contributed by atoms with van der Waals surface area (Å²) in [5.41, 5.74) is 0. The summed E-state index contributed by atoms with van der Waals surface area (Å²) in [6.45, 7) is 3.66. The molecule has 0 bridgehead atoms. The third-order valence-corrected chi connectivity index (χ3v) is 4.26. The highest BCUT2D eigenvalue weighted by Gasteiger charge is 2.37. The molecule has 2 saturated heterocycles. The highest BCUT2D eigenvalue weighted by molar-refractivity contribution is 7.09. The molecule has 18 heavy (non-hydrogen) atoms. The lowest BCUT2D eigenvalue weighted by molar-refractivity contribution is 0.0186. The van der Waals surface area contributed by atoms with Crippen LogP contribution >= 0.6 is 11.3 Å². The van der Waals surface area contributed by atoms with E-state index in [0.717, 1.165) is 19.7 Å². The van der Waals surface area contributed by atoms with Crippen LogP contribution < -0.4 is 10.6 Å². The number of nitrogens with zero attached hydrogens (tertiary/aromatic N) is 1. The molecule has 2 atom stereocenters. The number of carbonyl (C=O) groups is 1. The van der Waals surface area contributed by atoms with Gasteiger partial charge in [0.15, 0.2) is 0 Å². The second-order valence-electron chi connectivity index (χ2n) is 4.61. The lowest BCUT2D eigenvalue weighted by atomic mass is 10.2. The number of morpholine rings is 1. The van der Waals surface area contributed by atoms with Crippen LogP contribution in [0, 0.1) is 0 Å². The molecule has 0 spiro atoms. The van der Waals surface area contributed by atoms with E-state index in [1.165, 1.54) is 4.88 Å². The molecule has 6 heteroatoms. The zero-order valence-electron chi connectivity index (χ0n) is 10.1. The first-order valence-corrected chi connectivity index (χ1v) is 7.11. The number of fused-ring (bicyclic) bond motifs is 1. The molecule has 3 heterocycles. The van der Waals surface area contributed by atoms with Gasteiger partial charge in [-0.05, 0) is 11.4 Å². The molecule has 1 aromatic heterocycles. The molecule has 2 aliphatic rings. The van der Waals surface area contributed by atoms with Crippen LogP contribution in [-0.2, 0) is 11.3 Å². The molecule has 2 aliphatic heterocycles. The molecule has 98 valence electrons. The highest BCUT2D eigenvalue weighted by Crippen LogP contribution is 2.16. The van der Waals surface area contributed by atoms with Gasteiger partial charge in [0.05, 0.1) is 31.8 Å². The van der Waals surface area contributed by atoms with E-state index < -0.39 is 0 Å². The van der Waals surface area contributed by atoms with Crippen molar-refractivity contribution in [2.24, 2.45) is 0 Å². The van der Waals surface area contributed by atoms with Gasteiger partial charge in [-0.3, -0.25) is 0 Å². The molecule has 0 aromatic carbocycles. The molecule has 5 nitrogen and oxygen atoms in total. The average Bonchev–Trinajstić information content (AvgIpc) is 3.04. The Morgan fingerprint density at radius 1 is 1.61 bits per heavy atom. The lowest BCUT2D eigenvalue weighted by Crippen LogP contribution is -2.47. The Balaban J connectivity index is 1.51. The minimum atomic E-state index is 0.00296. The quantitative estimate of drug-likeness (QED) is 0.826. The van der Waals surface area contributed by atoms with Crippen LogP contribution in [0.1, 0.15) is 4.88 Å². The maximum Gasteiger partial charge on any atom is 0.317 e. The van der Waals surface area contributed by atoms with E-state index in [1.807, 2.05) is 22.4 Å². The van der Waals surface area contributed by atoms with Crippen molar-refractivity contribution >= 4 is 17.4 Å². The Kier molecular flexibility index (Phi) is 3.49. The van der Waals surface area contributed by atoms with Gasteiger partial charge in [0, 0.05) is 18.0 Å². The van der Waals surface area contributed by atoms with Crippen LogP contribution in [0.4, 0.5) is 4.79 Å². The minimum Gasteiger partial charge on any atom is -0.373 e. The van der Waals surface area contributed by atoms with Crippen LogP contribution in [0.15, 0.2) is 17.5 Å². The van der Waals surface area contributed by atoms with Crippen LogP contribution in [0.5, 0.6) is 0 Å². The molecule has 2 amide bonds. The van der Waals surface area contributed by atoms with Gasteiger partial charge in [0.2, 0.25) is 0 Å². The largest absolute Gasteiger partial charge is 0.373 e. The summed E-state index contributed by atoms with van der Waals surface area (Å²) in [6.07, 6.45) is 0.159. The van der Waals surface area contributed by atoms with E-state index in [1.54, 1.807) is 11.3 Å². The zero-order valence-corrected chi connectivity index (χ0v) is 10.9. The van der Waals surface area contributed by atoms with E-state index in [9.17, 15) is 4.79 Å². The number of amides is 2. The van der Waals surface area contributed by atoms with Crippen LogP contribution in [-0.4, -0.2) is 49.3 Å². The Labute approximate surface area is 110 Å². The second kappa shape index (κ2) is 5.26. The first-order chi connectivity index (χ1) is 8.83. The number of hydrogen-bond donors (Lipinski definition) is 2. The number of likely N-dealkylation sites (tertiary alicyclic amines) is 1. The fourth-order valence-electron chi connectivity index (χ4n) is 2.45. The first kappa shape index (κ1) is 12.0. The van der Waals surface area contributed by atoms with Gasteiger partial charge in [-0.2, -0.15) is 0 Å². The Hall–Kier alpha value is -1.11. The van der Waals surface area contributed by atoms with Crippen LogP contribution in [0.25, 0.3) is 0 Å². The molecule has 0 saturated carbocycles. The normalized spacial score (nSPS) is 27.0. The molecular weight excluding hydrogens is 250 g/mol. The SMILES string of the molecule is O=C(NCc1cccs1)N1C[C@@H]2NCCO[C@H]2C1. The van der Waals surface area contributed by atoms with Gasteiger partial charge >= 0.3 is 6.03 Å². The van der Waals surface area contributed by atoms with Crippen molar-refractivity contribution in [3.8, 4) is 0 Å². The van der Waals surface area contributed by atoms with Gasteiger partial charge < -0.3 is 20.3 Å². The maximum absolute atomic E-state index is 12.0. The molecule has 0 aliphatic carbocycles. The monoisotopic (exact) mass is 267 g/mol. The van der Waals surface area contributed by atoms with E-state index in [2.05, 4.69) is 10.6 Å². The van der Waals surface area contributed by atoms with Crippen molar-refractivity contribution in [3.63, 3.8) is 0 Å². The van der Waals surface area contributed by atoms with Gasteiger partial charge in [-0.1, -0.05) is 6.07 Å². The highest BCUT2D eigenvalue weighted by atomic mass is 32.1. The van der Waals surface area contributed by atoms with E-state index in [0.29, 0.717) is 19.1 Å². The van der Waals surface area contributed by atoms with Crippen molar-refractivity contribution in [1.29, 1.82) is 0 Å². The maximum atomic E-state index is 12.0. The van der Waals surface area contributed by atoms with Crippen molar-refractivity contribution < 1.29 is 9.53 Å². The Morgan fingerprint density at radius 3 is 3.33 bits per heavy atom. The smallest absolute Gasteiger partial charge is 0.317 e. The van der Waals surface area contributed by atoms with E-state index in [-0.39, 0.29) is 12.1 Å². The number of ether oxygens (including phenoxy) is 1. The van der Waals surface area contributed by atoms with Crippen molar-refractivity contribution in [3.05, 3.63) is 22.4 Å². The fourth-order valence-corrected chi connectivity index (χ4v) is 3.09. The van der Waals surface area contributed by atoms with Gasteiger partial charge in [-0.15, -0.1) is 11.3 Å². The average molecular weight is 267 g/mol. The molecule has 0 unspecified atom stereocenters. The number of carbonyl (C=O) groups excluding carboxylic acids is 1. The van der Waals surface area contributed by atoms with Crippen molar-refractivity contribution in [1.82, 2.24) is 15.5 Å². The third-order valence-electron chi connectivity index (χ3n) is 3.39. The molecule has 2 fully saturated rings. The summed E-state index contributed by atoms with van der Waals surface area (Å²) in [5.74, 6) is 0. The summed E-state index contributed by atoms with van der Waals surface area (Å²) in [5, 5.41) is 8.36. The van der Waals surface area contributed by atoms with E-state index in [4.69, 9.17) is 4.74 Å². The number of rotatable bonds is 2. The minimum absolute atomic E-state index is 0.00296. The fraction of sp³-hybridized carbons (Fsp3) is 0.583. The van der Waals surface area contributed by atoms with Gasteiger partial charge in [0.25, 0.3) is 0 Å².